The molecule has 3 aromatic rings. The fraction of sp³-hybridized carbons (Fsp3) is 0.393. The van der Waals surface area contributed by atoms with E-state index >= 15 is 0 Å². The van der Waals surface area contributed by atoms with Gasteiger partial charge in [0.25, 0.3) is 5.91 Å². The number of rotatable bonds is 20. The number of benzene rings is 2. The number of carbonyl (C=O) groups excluding carboxylic acids is 2. The van der Waals surface area contributed by atoms with Crippen molar-refractivity contribution in [2.45, 2.75) is 13.0 Å². The molecule has 3 rings (SSSR count). The molecule has 0 aliphatic carbocycles. The number of carbonyl (C=O) groups is 2. The number of nitrogens with two attached hydrogens (primary N) is 1. The summed E-state index contributed by atoms with van der Waals surface area (Å²) < 4.78 is 10.6. The first kappa shape index (κ1) is 31.4. The van der Waals surface area contributed by atoms with Crippen molar-refractivity contribution in [1.29, 1.82) is 0 Å². The highest BCUT2D eigenvalue weighted by atomic mass is 16.5. The summed E-state index contributed by atoms with van der Waals surface area (Å²) in [6.45, 7) is 3.93. The zero-order valence-electron chi connectivity index (χ0n) is 23.0. The van der Waals surface area contributed by atoms with Gasteiger partial charge in [-0.2, -0.15) is 15.0 Å². The van der Waals surface area contributed by atoms with Gasteiger partial charge < -0.3 is 41.6 Å². The van der Waals surface area contributed by atoms with Crippen LogP contribution in [0.2, 0.25) is 0 Å². The summed E-state index contributed by atoms with van der Waals surface area (Å²) in [7, 11) is 0. The molecular formula is C28H38N8O5. The highest BCUT2D eigenvalue weighted by Gasteiger charge is 2.08. The van der Waals surface area contributed by atoms with Crippen LogP contribution >= 0.6 is 0 Å². The number of nitrogens with one attached hydrogen (secondary N) is 4. The van der Waals surface area contributed by atoms with Crippen molar-refractivity contribution in [3.63, 3.8) is 0 Å². The Bertz CT molecular complexity index is 1200. The number of anilines is 3. The number of aromatic nitrogens is 3. The maximum absolute atomic E-state index is 12.4. The lowest BCUT2D eigenvalue weighted by Crippen LogP contribution is -2.27. The fourth-order valence-corrected chi connectivity index (χ4v) is 3.56. The molecule has 2 aromatic carbocycles. The van der Waals surface area contributed by atoms with Crippen LogP contribution in [0.4, 0.5) is 17.8 Å². The van der Waals surface area contributed by atoms with Crippen LogP contribution in [0.3, 0.4) is 0 Å². The molecule has 220 valence electrons. The van der Waals surface area contributed by atoms with Gasteiger partial charge in [-0.05, 0) is 29.7 Å². The second kappa shape index (κ2) is 18.2. The zero-order valence-corrected chi connectivity index (χ0v) is 23.0. The van der Waals surface area contributed by atoms with Gasteiger partial charge in [-0.15, -0.1) is 0 Å². The summed E-state index contributed by atoms with van der Waals surface area (Å²) in [6, 6.07) is 14.6. The average Bonchev–Trinajstić information content (AvgIpc) is 3.00. The van der Waals surface area contributed by atoms with Crippen molar-refractivity contribution in [3.8, 4) is 0 Å². The van der Waals surface area contributed by atoms with Gasteiger partial charge >= 0.3 is 0 Å². The molecule has 13 heteroatoms. The van der Waals surface area contributed by atoms with Gasteiger partial charge in [0.05, 0.1) is 33.0 Å². The smallest absolute Gasteiger partial charge is 0.251 e. The maximum atomic E-state index is 12.4. The minimum atomic E-state index is -0.181. The first-order chi connectivity index (χ1) is 20.1. The average molecular weight is 567 g/mol. The SMILES string of the molecule is NCCOCCOCCNC(=O)c1ccc(CNc2nc(NCCO)nc(NCCc3ccc(C=O)cc3)n2)cc1. The molecule has 0 aliphatic heterocycles. The number of hydrogen-bond donors (Lipinski definition) is 6. The van der Waals surface area contributed by atoms with E-state index in [2.05, 4.69) is 36.2 Å². The summed E-state index contributed by atoms with van der Waals surface area (Å²) in [5.74, 6) is 0.883. The van der Waals surface area contributed by atoms with E-state index in [1.165, 1.54) is 0 Å². The number of aliphatic hydroxyl groups is 1. The third-order valence-corrected chi connectivity index (χ3v) is 5.68. The minimum Gasteiger partial charge on any atom is -0.395 e. The predicted octanol–water partition coefficient (Wildman–Crippen LogP) is 1.08. The molecule has 0 bridgehead atoms. The molecule has 13 nitrogen and oxygen atoms in total. The van der Waals surface area contributed by atoms with Gasteiger partial charge in [0.2, 0.25) is 17.8 Å². The van der Waals surface area contributed by atoms with E-state index in [1.54, 1.807) is 24.3 Å². The number of nitrogens with zero attached hydrogens (tertiary/aromatic N) is 3. The highest BCUT2D eigenvalue weighted by molar-refractivity contribution is 5.94. The van der Waals surface area contributed by atoms with E-state index in [0.29, 0.717) is 94.5 Å². The lowest BCUT2D eigenvalue weighted by molar-refractivity contribution is 0.0511. The van der Waals surface area contributed by atoms with E-state index < -0.39 is 0 Å². The van der Waals surface area contributed by atoms with Crippen molar-refractivity contribution < 1.29 is 24.2 Å². The number of ether oxygens (including phenoxy) is 2. The lowest BCUT2D eigenvalue weighted by atomic mass is 10.1. The molecule has 1 amide bonds. The standard InChI is InChI=1S/C28H38N8O5/c29-10-15-40-17-18-41-16-13-30-25(39)24-7-5-22(6-8-24)19-33-28-35-26(34-27(36-28)32-12-14-37)31-11-9-21-1-3-23(20-38)4-2-21/h1-8,20,37H,9-19,29H2,(H,30,39)(H3,31,32,33,34,35,36). The zero-order chi connectivity index (χ0) is 29.1. The number of amides is 1. The normalized spacial score (nSPS) is 10.7. The first-order valence-corrected chi connectivity index (χ1v) is 13.5. The Labute approximate surface area is 239 Å². The molecule has 0 radical (unpaired) electrons. The third kappa shape index (κ3) is 11.8. The van der Waals surface area contributed by atoms with E-state index in [0.717, 1.165) is 17.4 Å². The van der Waals surface area contributed by atoms with Gasteiger partial charge in [-0.25, -0.2) is 0 Å². The number of hydrogen-bond acceptors (Lipinski definition) is 12. The number of aldehydes is 1. The molecule has 1 heterocycles. The van der Waals surface area contributed by atoms with Crippen LogP contribution < -0.4 is 27.0 Å². The monoisotopic (exact) mass is 566 g/mol. The largest absolute Gasteiger partial charge is 0.395 e. The Hall–Kier alpha value is -4.17. The number of aliphatic hydroxyl groups excluding tert-OH is 1. The molecule has 0 spiro atoms. The molecule has 0 atom stereocenters. The van der Waals surface area contributed by atoms with Crippen LogP contribution in [0, 0.1) is 0 Å². The van der Waals surface area contributed by atoms with Gasteiger partial charge in [0.1, 0.15) is 6.29 Å². The Morgan fingerprint density at radius 1 is 0.780 bits per heavy atom. The van der Waals surface area contributed by atoms with Crippen LogP contribution in [0.25, 0.3) is 0 Å². The molecule has 0 unspecified atom stereocenters. The second-order valence-corrected chi connectivity index (χ2v) is 8.81. The van der Waals surface area contributed by atoms with Crippen molar-refractivity contribution in [1.82, 2.24) is 20.3 Å². The molecule has 41 heavy (non-hydrogen) atoms. The van der Waals surface area contributed by atoms with E-state index in [-0.39, 0.29) is 12.5 Å². The van der Waals surface area contributed by atoms with Crippen LogP contribution in [-0.4, -0.2) is 91.5 Å². The quantitative estimate of drug-likeness (QED) is 0.0845. The van der Waals surface area contributed by atoms with E-state index in [9.17, 15) is 9.59 Å². The first-order valence-electron chi connectivity index (χ1n) is 13.5. The molecule has 0 fully saturated rings. The van der Waals surface area contributed by atoms with Gasteiger partial charge in [0, 0.05) is 43.9 Å². The summed E-state index contributed by atoms with van der Waals surface area (Å²) in [5.41, 5.74) is 8.53. The van der Waals surface area contributed by atoms with Crippen molar-refractivity contribution in [2.75, 3.05) is 75.2 Å². The van der Waals surface area contributed by atoms with Crippen LogP contribution in [0.15, 0.2) is 48.5 Å². The molecule has 1 aromatic heterocycles. The predicted molar refractivity (Wildman–Crippen MR) is 156 cm³/mol. The van der Waals surface area contributed by atoms with Gasteiger partial charge in [-0.3, -0.25) is 9.59 Å². The fourth-order valence-electron chi connectivity index (χ4n) is 3.56. The summed E-state index contributed by atoms with van der Waals surface area (Å²) in [5, 5.41) is 21.3. The van der Waals surface area contributed by atoms with Crippen LogP contribution in [0.5, 0.6) is 0 Å². The van der Waals surface area contributed by atoms with Crippen molar-refractivity contribution in [2.24, 2.45) is 5.73 Å². The van der Waals surface area contributed by atoms with Crippen LogP contribution in [0.1, 0.15) is 31.8 Å². The molecule has 7 N–H and O–H groups in total. The Kier molecular flexibility index (Phi) is 13.9. The van der Waals surface area contributed by atoms with Crippen molar-refractivity contribution in [3.05, 3.63) is 70.8 Å². The van der Waals surface area contributed by atoms with E-state index in [4.69, 9.17) is 20.3 Å². The Morgan fingerprint density at radius 3 is 2.02 bits per heavy atom. The Balaban J connectivity index is 1.47. The molecular weight excluding hydrogens is 528 g/mol. The topological polar surface area (TPSA) is 186 Å². The molecule has 0 aliphatic rings. The molecule has 0 saturated heterocycles. The van der Waals surface area contributed by atoms with Crippen LogP contribution in [-0.2, 0) is 22.4 Å². The third-order valence-electron chi connectivity index (χ3n) is 5.68. The van der Waals surface area contributed by atoms with Gasteiger partial charge in [-0.1, -0.05) is 36.4 Å². The van der Waals surface area contributed by atoms with Gasteiger partial charge in [0.15, 0.2) is 0 Å². The summed E-state index contributed by atoms with van der Waals surface area (Å²) in [6.07, 6.45) is 1.53. The molecule has 0 saturated carbocycles. The Morgan fingerprint density at radius 2 is 1.39 bits per heavy atom. The van der Waals surface area contributed by atoms with E-state index in [1.807, 2.05) is 24.3 Å². The minimum absolute atomic E-state index is 0.0643. The maximum Gasteiger partial charge on any atom is 0.251 e. The second-order valence-electron chi connectivity index (χ2n) is 8.81. The summed E-state index contributed by atoms with van der Waals surface area (Å²) in [4.78, 5) is 36.4. The highest BCUT2D eigenvalue weighted by Crippen LogP contribution is 2.12. The summed E-state index contributed by atoms with van der Waals surface area (Å²) >= 11 is 0. The van der Waals surface area contributed by atoms with Crippen molar-refractivity contribution >= 4 is 30.0 Å². The lowest BCUT2D eigenvalue weighted by Gasteiger charge is -2.11.